The van der Waals surface area contributed by atoms with Crippen molar-refractivity contribution >= 4 is 28.4 Å². The highest BCUT2D eigenvalue weighted by Gasteiger charge is 2.43. The van der Waals surface area contributed by atoms with Gasteiger partial charge in [-0.05, 0) is 17.7 Å². The molecule has 0 spiro atoms. The predicted molar refractivity (Wildman–Crippen MR) is 78.4 cm³/mol. The van der Waals surface area contributed by atoms with Gasteiger partial charge in [0.2, 0.25) is 0 Å². The first kappa shape index (κ1) is 11.7. The van der Waals surface area contributed by atoms with Gasteiger partial charge < -0.3 is 4.74 Å². The number of fused-ring (bicyclic) bond motifs is 1. The van der Waals surface area contributed by atoms with E-state index in [9.17, 15) is 4.79 Å². The Morgan fingerprint density at radius 3 is 2.44 bits per heavy atom. The zero-order valence-corrected chi connectivity index (χ0v) is 11.8. The van der Waals surface area contributed by atoms with Crippen molar-refractivity contribution in [2.45, 2.75) is 3.42 Å². The van der Waals surface area contributed by atoms with Crippen molar-refractivity contribution in [3.8, 4) is 5.75 Å². The quantitative estimate of drug-likeness (QED) is 0.580. The van der Waals surface area contributed by atoms with E-state index in [2.05, 4.69) is 22.6 Å². The molecule has 0 N–H and O–H groups in total. The third-order valence-electron chi connectivity index (χ3n) is 3.15. The molecule has 1 atom stereocenters. The number of para-hydroxylation sites is 1. The number of halogens is 1. The standard InChI is InChI=1S/C15H11IO2/c16-15(11-6-2-1-3-7-11)10-18-13-9-5-4-8-12(13)14(15)17/h1-9H,10H2. The van der Waals surface area contributed by atoms with Gasteiger partial charge in [0, 0.05) is 0 Å². The van der Waals surface area contributed by atoms with Gasteiger partial charge in [0.15, 0.2) is 5.78 Å². The molecule has 1 aliphatic rings. The Morgan fingerprint density at radius 2 is 1.67 bits per heavy atom. The Hall–Kier alpha value is -1.36. The molecular weight excluding hydrogens is 339 g/mol. The minimum absolute atomic E-state index is 0.121. The Morgan fingerprint density at radius 1 is 1.00 bits per heavy atom. The van der Waals surface area contributed by atoms with Gasteiger partial charge >= 0.3 is 0 Å². The lowest BCUT2D eigenvalue weighted by atomic mass is 9.89. The molecule has 0 fully saturated rings. The van der Waals surface area contributed by atoms with E-state index >= 15 is 0 Å². The Labute approximate surface area is 119 Å². The predicted octanol–water partition coefficient (Wildman–Crippen LogP) is 3.59. The van der Waals surface area contributed by atoms with Crippen molar-refractivity contribution < 1.29 is 9.53 Å². The monoisotopic (exact) mass is 350 g/mol. The molecule has 2 aromatic carbocycles. The van der Waals surface area contributed by atoms with E-state index in [1.54, 1.807) is 0 Å². The molecule has 1 aliphatic heterocycles. The van der Waals surface area contributed by atoms with Crippen LogP contribution in [0.15, 0.2) is 54.6 Å². The molecule has 0 radical (unpaired) electrons. The highest BCUT2D eigenvalue weighted by molar-refractivity contribution is 14.1. The number of carbonyl (C=O) groups excluding carboxylic acids is 1. The van der Waals surface area contributed by atoms with Gasteiger partial charge in [-0.3, -0.25) is 4.79 Å². The van der Waals surface area contributed by atoms with Crippen molar-refractivity contribution in [1.82, 2.24) is 0 Å². The van der Waals surface area contributed by atoms with Crippen LogP contribution >= 0.6 is 22.6 Å². The summed E-state index contributed by atoms with van der Waals surface area (Å²) in [5.41, 5.74) is 1.66. The molecule has 3 rings (SSSR count). The molecule has 2 aromatic rings. The molecule has 0 bridgehead atoms. The molecule has 90 valence electrons. The first-order valence-electron chi connectivity index (χ1n) is 5.73. The lowest BCUT2D eigenvalue weighted by Gasteiger charge is -2.32. The second-order valence-corrected chi connectivity index (χ2v) is 6.12. The van der Waals surface area contributed by atoms with Gasteiger partial charge in [0.25, 0.3) is 0 Å². The molecule has 3 heteroatoms. The van der Waals surface area contributed by atoms with Crippen molar-refractivity contribution in [2.24, 2.45) is 0 Å². The summed E-state index contributed by atoms with van der Waals surface area (Å²) in [7, 11) is 0. The van der Waals surface area contributed by atoms with Crippen molar-refractivity contribution in [1.29, 1.82) is 0 Å². The smallest absolute Gasteiger partial charge is 0.190 e. The van der Waals surface area contributed by atoms with Crippen LogP contribution in [0.5, 0.6) is 5.75 Å². The molecule has 1 unspecified atom stereocenters. The summed E-state index contributed by atoms with van der Waals surface area (Å²) in [4.78, 5) is 12.7. The molecule has 18 heavy (non-hydrogen) atoms. The number of rotatable bonds is 1. The summed E-state index contributed by atoms with van der Waals surface area (Å²) >= 11 is 2.20. The fraction of sp³-hybridized carbons (Fsp3) is 0.133. The van der Waals surface area contributed by atoms with Crippen LogP contribution in [0.1, 0.15) is 15.9 Å². The number of hydrogen-bond donors (Lipinski definition) is 0. The van der Waals surface area contributed by atoms with Gasteiger partial charge in [0.1, 0.15) is 15.8 Å². The van der Waals surface area contributed by atoms with Crippen LogP contribution in [0.3, 0.4) is 0 Å². The first-order valence-corrected chi connectivity index (χ1v) is 6.81. The fourth-order valence-corrected chi connectivity index (χ4v) is 2.96. The average molecular weight is 350 g/mol. The van der Waals surface area contributed by atoms with Crippen LogP contribution in [0.25, 0.3) is 0 Å². The number of benzene rings is 2. The topological polar surface area (TPSA) is 26.3 Å². The van der Waals surface area contributed by atoms with Crippen LogP contribution in [0.4, 0.5) is 0 Å². The van der Waals surface area contributed by atoms with Crippen LogP contribution in [0, 0.1) is 0 Å². The summed E-state index contributed by atoms with van der Waals surface area (Å²) in [6.45, 7) is 0.382. The summed E-state index contributed by atoms with van der Waals surface area (Å²) in [5, 5.41) is 0. The molecular formula is C15H11IO2. The van der Waals surface area contributed by atoms with Crippen LogP contribution in [0.2, 0.25) is 0 Å². The SMILES string of the molecule is O=C1c2ccccc2OCC1(I)c1ccccc1. The molecule has 0 saturated heterocycles. The third-order valence-corrected chi connectivity index (χ3v) is 4.57. The molecule has 0 aromatic heterocycles. The number of ether oxygens (including phenoxy) is 1. The second-order valence-electron chi connectivity index (χ2n) is 4.28. The van der Waals surface area contributed by atoms with E-state index in [0.29, 0.717) is 17.9 Å². The second kappa shape index (κ2) is 4.39. The van der Waals surface area contributed by atoms with Crippen LogP contribution in [-0.2, 0) is 3.42 Å². The van der Waals surface area contributed by atoms with Crippen LogP contribution in [-0.4, -0.2) is 12.4 Å². The fourth-order valence-electron chi connectivity index (χ4n) is 2.15. The number of carbonyl (C=O) groups is 1. The first-order chi connectivity index (χ1) is 8.72. The largest absolute Gasteiger partial charge is 0.491 e. The summed E-state index contributed by atoms with van der Waals surface area (Å²) in [6, 6.07) is 17.2. The lowest BCUT2D eigenvalue weighted by Crippen LogP contribution is -2.39. The Balaban J connectivity index is 2.10. The normalized spacial score (nSPS) is 22.2. The maximum atomic E-state index is 12.7. The Bertz CT molecular complexity index is 594. The number of hydrogen-bond acceptors (Lipinski definition) is 2. The minimum Gasteiger partial charge on any atom is -0.491 e. The third kappa shape index (κ3) is 1.73. The van der Waals surface area contributed by atoms with Gasteiger partial charge in [-0.15, -0.1) is 0 Å². The molecule has 0 amide bonds. The molecule has 0 aliphatic carbocycles. The number of ketones is 1. The zero-order valence-electron chi connectivity index (χ0n) is 9.60. The van der Waals surface area contributed by atoms with Crippen molar-refractivity contribution in [3.63, 3.8) is 0 Å². The minimum atomic E-state index is -0.618. The molecule has 0 saturated carbocycles. The van der Waals surface area contributed by atoms with E-state index in [0.717, 1.165) is 5.56 Å². The maximum absolute atomic E-state index is 12.7. The maximum Gasteiger partial charge on any atom is 0.190 e. The van der Waals surface area contributed by atoms with Crippen molar-refractivity contribution in [3.05, 3.63) is 65.7 Å². The van der Waals surface area contributed by atoms with E-state index < -0.39 is 3.42 Å². The summed E-state index contributed by atoms with van der Waals surface area (Å²) in [5.74, 6) is 0.807. The summed E-state index contributed by atoms with van der Waals surface area (Å²) < 4.78 is 5.12. The lowest BCUT2D eigenvalue weighted by molar-refractivity contribution is 0.0882. The van der Waals surface area contributed by atoms with Gasteiger partial charge in [-0.25, -0.2) is 0 Å². The summed E-state index contributed by atoms with van der Waals surface area (Å²) in [6.07, 6.45) is 0. The van der Waals surface area contributed by atoms with Crippen molar-refractivity contribution in [2.75, 3.05) is 6.61 Å². The van der Waals surface area contributed by atoms with Crippen LogP contribution < -0.4 is 4.74 Å². The van der Waals surface area contributed by atoms with E-state index in [1.165, 1.54) is 0 Å². The number of Topliss-reactive ketones (excluding diaryl/α,β-unsaturated/α-hetero) is 1. The zero-order chi connectivity index (χ0) is 12.6. The molecule has 1 heterocycles. The average Bonchev–Trinajstić information content (AvgIpc) is 2.44. The van der Waals surface area contributed by atoms with E-state index in [1.807, 2.05) is 54.6 Å². The van der Waals surface area contributed by atoms with E-state index in [4.69, 9.17) is 4.74 Å². The molecule has 2 nitrogen and oxygen atoms in total. The van der Waals surface area contributed by atoms with Gasteiger partial charge in [0.05, 0.1) is 5.56 Å². The van der Waals surface area contributed by atoms with E-state index in [-0.39, 0.29) is 5.78 Å². The number of alkyl halides is 1. The highest BCUT2D eigenvalue weighted by atomic mass is 127. The van der Waals surface area contributed by atoms with Gasteiger partial charge in [-0.1, -0.05) is 65.1 Å². The van der Waals surface area contributed by atoms with Gasteiger partial charge in [-0.2, -0.15) is 0 Å². The highest BCUT2D eigenvalue weighted by Crippen LogP contribution is 2.41. The Kier molecular flexibility index (Phi) is 2.86.